The molecule has 7 rings (SSSR count). The number of allylic oxidation sites excluding steroid dienone is 5. The summed E-state index contributed by atoms with van der Waals surface area (Å²) < 4.78 is 2.05. The number of carbonyl (C=O) groups is 3. The maximum atomic E-state index is 14.2. The lowest BCUT2D eigenvalue weighted by molar-refractivity contribution is -0.297. The number of nitrogens with one attached hydrogen (secondary N) is 2. The molecule has 0 heterocycles. The first-order valence-electron chi connectivity index (χ1n) is 18.4. The molecule has 2 N–H and O–H groups in total. The van der Waals surface area contributed by atoms with Crippen LogP contribution >= 0.6 is 0 Å². The van der Waals surface area contributed by atoms with E-state index in [2.05, 4.69) is 20.1 Å². The van der Waals surface area contributed by atoms with Gasteiger partial charge in [0.1, 0.15) is 0 Å². The van der Waals surface area contributed by atoms with E-state index in [1.165, 1.54) is 13.8 Å². The maximum absolute atomic E-state index is 14.2. The van der Waals surface area contributed by atoms with E-state index in [9.17, 15) is 19.5 Å². The van der Waals surface area contributed by atoms with Crippen molar-refractivity contribution in [3.8, 4) is 0 Å². The molecule has 0 atom stereocenters. The lowest BCUT2D eigenvalue weighted by Gasteiger charge is -2.34. The van der Waals surface area contributed by atoms with Crippen LogP contribution in [0.2, 0.25) is 0 Å². The fourth-order valence-corrected chi connectivity index (χ4v) is 6.92. The van der Waals surface area contributed by atoms with Crippen molar-refractivity contribution in [3.63, 3.8) is 0 Å². The van der Waals surface area contributed by atoms with E-state index >= 15 is 0 Å². The number of aryl methyl sites for hydroxylation is 4. The lowest BCUT2D eigenvalue weighted by atomic mass is 9.78. The number of benzene rings is 5. The van der Waals surface area contributed by atoms with Crippen molar-refractivity contribution < 1.29 is 19.5 Å². The third-order valence-electron chi connectivity index (χ3n) is 9.76. The molecule has 0 saturated heterocycles. The quantitative estimate of drug-likeness (QED) is 0.122. The van der Waals surface area contributed by atoms with Crippen LogP contribution in [0.3, 0.4) is 0 Å². The van der Waals surface area contributed by atoms with Crippen molar-refractivity contribution in [3.05, 3.63) is 184 Å². The molecular formula is C48H42N4O4. The Labute approximate surface area is 327 Å². The molecule has 8 heteroatoms. The predicted octanol–water partition coefficient (Wildman–Crippen LogP) is 8.86. The van der Waals surface area contributed by atoms with E-state index < -0.39 is 11.5 Å². The lowest BCUT2D eigenvalue weighted by Crippen LogP contribution is -2.33. The molecule has 0 radical (unpaired) electrons. The average Bonchev–Trinajstić information content (AvgIpc) is 3.16. The van der Waals surface area contributed by atoms with E-state index in [4.69, 9.17) is 0 Å². The van der Waals surface area contributed by atoms with Gasteiger partial charge in [-0.05, 0) is 70.2 Å². The highest BCUT2D eigenvalue weighted by Gasteiger charge is 2.35. The van der Waals surface area contributed by atoms with Crippen LogP contribution in [-0.4, -0.2) is 23.3 Å². The molecule has 2 amide bonds. The van der Waals surface area contributed by atoms with Crippen LogP contribution in [0.4, 0.5) is 34.1 Å². The molecular weight excluding hydrogens is 697 g/mol. The van der Waals surface area contributed by atoms with E-state index in [1.807, 2.05) is 137 Å². The number of ketones is 1. The van der Waals surface area contributed by atoms with Crippen molar-refractivity contribution in [2.75, 3.05) is 10.2 Å². The van der Waals surface area contributed by atoms with Crippen molar-refractivity contribution in [1.29, 1.82) is 0 Å². The summed E-state index contributed by atoms with van der Waals surface area (Å²) in [7, 11) is 0. The highest BCUT2D eigenvalue weighted by Crippen LogP contribution is 2.44. The van der Waals surface area contributed by atoms with Crippen LogP contribution in [0.25, 0.3) is 5.57 Å². The largest absolute Gasteiger partial charge is 0.871 e. The van der Waals surface area contributed by atoms with Gasteiger partial charge in [0.15, 0.2) is 5.78 Å². The van der Waals surface area contributed by atoms with Crippen LogP contribution in [-0.2, 0) is 14.4 Å². The first kappa shape index (κ1) is 37.3. The molecule has 5 aromatic rings. The maximum Gasteiger partial charge on any atom is 0.221 e. The summed E-state index contributed by atoms with van der Waals surface area (Å²) >= 11 is 0. The first-order valence-corrected chi connectivity index (χ1v) is 18.4. The van der Waals surface area contributed by atoms with E-state index in [0.29, 0.717) is 22.5 Å². The molecule has 0 unspecified atom stereocenters. The Morgan fingerprint density at radius 2 is 1.05 bits per heavy atom. The standard InChI is InChI=1S/C48H42N4O4/c1-29-7-15-35(16-8-29)51(36-17-9-30(2)10-18-36)39-23-25-41(43(27-39)49-33(5)53)45-47(55)46(48(45)56)42-26-24-40(28-44(42)50-34(6)54)52(37-19-11-31(3)12-20-37)38-21-13-32(4)14-22-38/h7-28H,1-6H3,(H2,49,50,53,54,55,56). The molecule has 0 aliphatic heterocycles. The Balaban J connectivity index is 1.34. The minimum atomic E-state index is -0.475. The van der Waals surface area contributed by atoms with Crippen LogP contribution in [0.5, 0.6) is 0 Å². The summed E-state index contributed by atoms with van der Waals surface area (Å²) in [6, 6.07) is 37.8. The first-order chi connectivity index (χ1) is 26.9. The Morgan fingerprint density at radius 3 is 1.52 bits per heavy atom. The monoisotopic (exact) mass is 738 g/mol. The fourth-order valence-electron chi connectivity index (χ4n) is 6.92. The van der Waals surface area contributed by atoms with Gasteiger partial charge in [0, 0.05) is 89.6 Å². The normalized spacial score (nSPS) is 14.9. The highest BCUT2D eigenvalue weighted by molar-refractivity contribution is 6.40. The number of Topliss-reactive ketones (excluding diaryl/α,β-unsaturated/α-hetero) is 1. The Kier molecular flexibility index (Phi) is 10.2. The van der Waals surface area contributed by atoms with Gasteiger partial charge in [-0.2, -0.15) is 4.58 Å². The molecule has 0 bridgehead atoms. The number of rotatable bonds is 8. The molecule has 0 aromatic heterocycles. The number of hydrogen-bond donors (Lipinski definition) is 2. The zero-order valence-corrected chi connectivity index (χ0v) is 32.2. The summed E-state index contributed by atoms with van der Waals surface area (Å²) in [6.07, 6.45) is 5.33. The minimum absolute atomic E-state index is 0.0358. The van der Waals surface area contributed by atoms with Gasteiger partial charge in [-0.25, -0.2) is 0 Å². The van der Waals surface area contributed by atoms with E-state index in [0.717, 1.165) is 56.4 Å². The molecule has 278 valence electrons. The van der Waals surface area contributed by atoms with Crippen molar-refractivity contribution in [2.24, 2.45) is 0 Å². The Hall–Kier alpha value is -7.06. The van der Waals surface area contributed by atoms with Gasteiger partial charge < -0.3 is 20.6 Å². The SMILES string of the molecule is CC(=O)NC1=CC(=[N+](c2ccc(C)cc2)c2ccc(C)cc2)C=C/C1=C1\C(=O)C(c2ccc(N(c3ccc(C)cc3)c3ccc(C)cc3)cc2NC(C)=O)=C1[O-]. The van der Waals surface area contributed by atoms with Crippen molar-refractivity contribution >= 4 is 63.0 Å². The van der Waals surface area contributed by atoms with E-state index in [1.54, 1.807) is 24.3 Å². The summed E-state index contributed by atoms with van der Waals surface area (Å²) in [4.78, 5) is 41.3. The molecule has 8 nitrogen and oxygen atoms in total. The predicted molar refractivity (Wildman–Crippen MR) is 224 cm³/mol. The number of anilines is 4. The number of amides is 2. The second-order valence-corrected chi connectivity index (χ2v) is 14.2. The third kappa shape index (κ3) is 7.50. The number of carbonyl (C=O) groups excluding carboxylic acids is 3. The Bertz CT molecular complexity index is 2460. The second kappa shape index (κ2) is 15.4. The smallest absolute Gasteiger partial charge is 0.221 e. The molecule has 5 aromatic carbocycles. The molecule has 0 spiro atoms. The molecule has 0 fully saturated rings. The van der Waals surface area contributed by atoms with E-state index in [-0.39, 0.29) is 23.0 Å². The molecule has 56 heavy (non-hydrogen) atoms. The number of hydrogen-bond acceptors (Lipinski definition) is 5. The fraction of sp³-hybridized carbons (Fsp3) is 0.125. The zero-order valence-electron chi connectivity index (χ0n) is 32.2. The van der Waals surface area contributed by atoms with Gasteiger partial charge in [-0.15, -0.1) is 0 Å². The van der Waals surface area contributed by atoms with Crippen molar-refractivity contribution in [2.45, 2.75) is 41.5 Å². The van der Waals surface area contributed by atoms with Gasteiger partial charge in [0.25, 0.3) is 0 Å². The number of nitrogens with zero attached hydrogens (tertiary/aromatic N) is 2. The molecule has 2 aliphatic carbocycles. The summed E-state index contributed by atoms with van der Waals surface area (Å²) in [6.45, 7) is 10.9. The highest BCUT2D eigenvalue weighted by atomic mass is 16.3. The van der Waals surface area contributed by atoms with Gasteiger partial charge in [0.2, 0.25) is 28.9 Å². The van der Waals surface area contributed by atoms with Gasteiger partial charge in [-0.3, -0.25) is 14.4 Å². The summed E-state index contributed by atoms with van der Waals surface area (Å²) in [5, 5.41) is 19.9. The van der Waals surface area contributed by atoms with Gasteiger partial charge >= 0.3 is 0 Å². The van der Waals surface area contributed by atoms with Gasteiger partial charge in [0.05, 0.1) is 11.4 Å². The van der Waals surface area contributed by atoms with Crippen LogP contribution in [0.15, 0.2) is 156 Å². The molecule has 2 aliphatic rings. The van der Waals surface area contributed by atoms with Crippen LogP contribution in [0.1, 0.15) is 41.7 Å². The average molecular weight is 739 g/mol. The zero-order chi connectivity index (χ0) is 39.7. The second-order valence-electron chi connectivity index (χ2n) is 14.2. The van der Waals surface area contributed by atoms with Crippen LogP contribution in [0, 0.1) is 27.7 Å². The third-order valence-corrected chi connectivity index (χ3v) is 9.76. The van der Waals surface area contributed by atoms with Gasteiger partial charge in [-0.1, -0.05) is 82.6 Å². The summed E-state index contributed by atoms with van der Waals surface area (Å²) in [5.74, 6) is -1.65. The molecule has 0 saturated carbocycles. The van der Waals surface area contributed by atoms with Crippen molar-refractivity contribution in [1.82, 2.24) is 9.89 Å². The topological polar surface area (TPSA) is 105 Å². The Morgan fingerprint density at radius 1 is 0.589 bits per heavy atom. The minimum Gasteiger partial charge on any atom is -0.871 e. The summed E-state index contributed by atoms with van der Waals surface area (Å²) in [5.41, 5.74) is 10.7. The van der Waals surface area contributed by atoms with Crippen LogP contribution < -0.4 is 25.2 Å².